The molecule has 4 aromatic rings. The zero-order chi connectivity index (χ0) is 29.5. The topological polar surface area (TPSA) is 143 Å². The summed E-state index contributed by atoms with van der Waals surface area (Å²) in [5.41, 5.74) is 1.01. The Morgan fingerprint density at radius 3 is 2.17 bits per heavy atom. The van der Waals surface area contributed by atoms with Gasteiger partial charge in [0.2, 0.25) is 10.0 Å². The van der Waals surface area contributed by atoms with Crippen LogP contribution in [0.5, 0.6) is 5.75 Å². The zero-order valence-electron chi connectivity index (χ0n) is 21.6. The molecule has 0 amide bonds. The number of halogens is 2. The fourth-order valence-electron chi connectivity index (χ4n) is 4.48. The van der Waals surface area contributed by atoms with E-state index < -0.39 is 20.0 Å². The van der Waals surface area contributed by atoms with Gasteiger partial charge in [-0.15, -0.1) is 0 Å². The second-order valence-corrected chi connectivity index (χ2v) is 14.5. The third-order valence-corrected chi connectivity index (χ3v) is 11.1. The number of hydrogen-bond acceptors (Lipinski definition) is 8. The van der Waals surface area contributed by atoms with Gasteiger partial charge in [-0.1, -0.05) is 6.92 Å². The number of phenolic OH excluding ortho intramolecular Hbond substituents is 1. The lowest BCUT2D eigenvalue weighted by Gasteiger charge is -2.26. The number of fused-ring (bicyclic) bond motifs is 1. The van der Waals surface area contributed by atoms with Crippen LogP contribution in [0, 0.1) is 0 Å². The van der Waals surface area contributed by atoms with Crippen molar-refractivity contribution in [2.45, 2.75) is 23.1 Å². The molecule has 0 unspecified atom stereocenters. The monoisotopic (exact) mass is 726 g/mol. The number of nitrogens with one attached hydrogen (secondary N) is 1. The van der Waals surface area contributed by atoms with Gasteiger partial charge in [0, 0.05) is 42.2 Å². The Hall–Kier alpha value is -2.75. The number of sulfonamides is 2. The van der Waals surface area contributed by atoms with Gasteiger partial charge < -0.3 is 14.3 Å². The molecule has 1 aliphatic heterocycles. The van der Waals surface area contributed by atoms with Crippen LogP contribution in [-0.4, -0.2) is 58.3 Å². The normalized spacial score (nSPS) is 14.8. The molecule has 1 aromatic heterocycles. The fraction of sp³-hybridized carbons (Fsp3) is 0.222. The number of nitrogens with zero attached hydrogens (tertiary/aromatic N) is 1. The summed E-state index contributed by atoms with van der Waals surface area (Å²) in [6.07, 6.45) is 0.385. The molecule has 3 aromatic carbocycles. The lowest BCUT2D eigenvalue weighted by atomic mass is 9.99. The first-order chi connectivity index (χ1) is 19.4. The van der Waals surface area contributed by atoms with Crippen molar-refractivity contribution in [2.24, 2.45) is 0 Å². The molecule has 0 radical (unpaired) electrons. The lowest BCUT2D eigenvalue weighted by Crippen LogP contribution is -2.40. The van der Waals surface area contributed by atoms with Crippen LogP contribution in [0.15, 0.2) is 77.8 Å². The molecule has 41 heavy (non-hydrogen) atoms. The summed E-state index contributed by atoms with van der Waals surface area (Å²) < 4.78 is 67.7. The number of phenols is 1. The molecule has 0 saturated carbocycles. The molecule has 10 nitrogen and oxygen atoms in total. The van der Waals surface area contributed by atoms with Crippen LogP contribution in [0.4, 0.5) is 5.69 Å². The first-order valence-electron chi connectivity index (χ1n) is 12.4. The molecular formula is C27H24Br2N2O8S2. The maximum absolute atomic E-state index is 13.5. The summed E-state index contributed by atoms with van der Waals surface area (Å²) in [7, 11) is -7.80. The smallest absolute Gasteiger partial charge is 0.262 e. The lowest BCUT2D eigenvalue weighted by molar-refractivity contribution is 0.0730. The van der Waals surface area contributed by atoms with Crippen LogP contribution in [0.2, 0.25) is 0 Å². The minimum Gasteiger partial charge on any atom is -0.506 e. The number of furan rings is 1. The van der Waals surface area contributed by atoms with E-state index in [0.29, 0.717) is 50.9 Å². The highest BCUT2D eigenvalue weighted by molar-refractivity contribution is 9.11. The molecule has 1 saturated heterocycles. The number of carbonyl (C=O) groups is 1. The molecule has 5 rings (SSSR count). The first-order valence-corrected chi connectivity index (χ1v) is 16.9. The minimum atomic E-state index is -4.08. The van der Waals surface area contributed by atoms with Crippen LogP contribution in [-0.2, 0) is 31.2 Å². The van der Waals surface area contributed by atoms with Crippen molar-refractivity contribution in [1.82, 2.24) is 4.31 Å². The number of carbonyl (C=O) groups excluding carboxylic acids is 1. The number of aryl methyl sites for hydroxylation is 1. The van der Waals surface area contributed by atoms with E-state index >= 15 is 0 Å². The van der Waals surface area contributed by atoms with Gasteiger partial charge in [-0.05, 0) is 80.4 Å². The Labute approximate surface area is 253 Å². The van der Waals surface area contributed by atoms with Gasteiger partial charge in [0.25, 0.3) is 10.0 Å². The second kappa shape index (κ2) is 11.5. The van der Waals surface area contributed by atoms with Crippen molar-refractivity contribution < 1.29 is 35.9 Å². The van der Waals surface area contributed by atoms with E-state index in [9.17, 15) is 26.7 Å². The largest absolute Gasteiger partial charge is 0.506 e. The third kappa shape index (κ3) is 5.81. The summed E-state index contributed by atoms with van der Waals surface area (Å²) in [5.74, 6) is 0.0118. The highest BCUT2D eigenvalue weighted by atomic mass is 79.9. The first kappa shape index (κ1) is 29.7. The average molecular weight is 728 g/mol. The summed E-state index contributed by atoms with van der Waals surface area (Å²) in [4.78, 5) is 13.4. The Bertz CT molecular complexity index is 1840. The maximum Gasteiger partial charge on any atom is 0.262 e. The van der Waals surface area contributed by atoms with Crippen molar-refractivity contribution in [1.29, 1.82) is 0 Å². The molecule has 0 aliphatic carbocycles. The summed E-state index contributed by atoms with van der Waals surface area (Å²) >= 11 is 6.48. The van der Waals surface area contributed by atoms with Crippen molar-refractivity contribution in [2.75, 3.05) is 31.0 Å². The molecule has 2 heterocycles. The number of aromatic hydroxyl groups is 1. The van der Waals surface area contributed by atoms with E-state index in [1.54, 1.807) is 0 Å². The number of rotatable bonds is 8. The Morgan fingerprint density at radius 2 is 1.56 bits per heavy atom. The predicted molar refractivity (Wildman–Crippen MR) is 159 cm³/mol. The molecule has 14 heteroatoms. The molecule has 0 bridgehead atoms. The Balaban J connectivity index is 1.42. The number of ketones is 1. The van der Waals surface area contributed by atoms with E-state index in [0.717, 1.165) is 0 Å². The van der Waals surface area contributed by atoms with E-state index in [2.05, 4.69) is 36.6 Å². The predicted octanol–water partition coefficient (Wildman–Crippen LogP) is 5.28. The quantitative estimate of drug-likeness (QED) is 0.234. The molecule has 1 aliphatic rings. The van der Waals surface area contributed by atoms with Gasteiger partial charge in [0.15, 0.2) is 5.78 Å². The van der Waals surface area contributed by atoms with E-state index in [1.165, 1.54) is 58.9 Å². The van der Waals surface area contributed by atoms with Crippen LogP contribution in [0.3, 0.4) is 0 Å². The number of anilines is 1. The number of hydrogen-bond donors (Lipinski definition) is 2. The summed E-state index contributed by atoms with van der Waals surface area (Å²) in [6.45, 7) is 2.96. The third-order valence-electron chi connectivity index (χ3n) is 6.59. The standard InChI is InChI=1S/C27H24Br2N2O8S2/c1-2-23-25(26(32)16-13-21(28)27(33)22(29)14-16)20-8-7-19(15-24(20)39-23)40(34,35)30-17-3-5-18(6-4-17)41(36,37)31-9-11-38-12-10-31/h3-8,13-15,30,33H,2,9-12H2,1H3. The summed E-state index contributed by atoms with van der Waals surface area (Å²) in [5, 5.41) is 10.5. The summed E-state index contributed by atoms with van der Waals surface area (Å²) in [6, 6.07) is 12.7. The van der Waals surface area contributed by atoms with Crippen molar-refractivity contribution >= 4 is 74.3 Å². The average Bonchev–Trinajstić information content (AvgIpc) is 3.34. The van der Waals surface area contributed by atoms with E-state index in [-0.39, 0.29) is 45.7 Å². The van der Waals surface area contributed by atoms with Gasteiger partial charge in [-0.25, -0.2) is 16.8 Å². The SMILES string of the molecule is CCc1oc2cc(S(=O)(=O)Nc3ccc(S(=O)(=O)N4CCOCC4)cc3)ccc2c1C(=O)c1cc(Br)c(O)c(Br)c1. The number of benzene rings is 3. The van der Waals surface area contributed by atoms with Crippen LogP contribution in [0.25, 0.3) is 11.0 Å². The second-order valence-electron chi connectivity index (χ2n) is 9.18. The van der Waals surface area contributed by atoms with Crippen LogP contribution in [0.1, 0.15) is 28.6 Å². The molecule has 1 fully saturated rings. The minimum absolute atomic E-state index is 0.0370. The molecule has 0 spiro atoms. The highest BCUT2D eigenvalue weighted by Crippen LogP contribution is 2.36. The van der Waals surface area contributed by atoms with E-state index in [4.69, 9.17) is 9.15 Å². The molecule has 0 atom stereocenters. The highest BCUT2D eigenvalue weighted by Gasteiger charge is 2.27. The Morgan fingerprint density at radius 1 is 0.951 bits per heavy atom. The van der Waals surface area contributed by atoms with Crippen LogP contribution < -0.4 is 4.72 Å². The number of ether oxygens (including phenoxy) is 1. The van der Waals surface area contributed by atoms with Gasteiger partial charge in [0.1, 0.15) is 17.1 Å². The molecular weight excluding hydrogens is 704 g/mol. The molecule has 2 N–H and O–H groups in total. The van der Waals surface area contributed by atoms with Gasteiger partial charge in [-0.3, -0.25) is 9.52 Å². The van der Waals surface area contributed by atoms with Gasteiger partial charge in [0.05, 0.1) is 37.5 Å². The van der Waals surface area contributed by atoms with Crippen molar-refractivity contribution in [3.63, 3.8) is 0 Å². The van der Waals surface area contributed by atoms with Crippen molar-refractivity contribution in [3.8, 4) is 5.75 Å². The van der Waals surface area contributed by atoms with Crippen molar-refractivity contribution in [3.05, 3.63) is 80.4 Å². The maximum atomic E-state index is 13.5. The number of morpholine rings is 1. The van der Waals surface area contributed by atoms with E-state index in [1.807, 2.05) is 6.92 Å². The Kier molecular flexibility index (Phi) is 8.34. The van der Waals surface area contributed by atoms with Gasteiger partial charge in [-0.2, -0.15) is 4.31 Å². The molecule has 216 valence electrons. The zero-order valence-corrected chi connectivity index (χ0v) is 26.4. The fourth-order valence-corrected chi connectivity index (χ4v) is 8.15. The van der Waals surface area contributed by atoms with Crippen LogP contribution >= 0.6 is 31.9 Å². The van der Waals surface area contributed by atoms with Gasteiger partial charge >= 0.3 is 0 Å².